The van der Waals surface area contributed by atoms with Gasteiger partial charge >= 0.3 is 6.16 Å². The lowest BCUT2D eigenvalue weighted by molar-refractivity contribution is 0.104. The fraction of sp³-hybridized carbons (Fsp3) is 0.412. The Morgan fingerprint density at radius 3 is 2.62 bits per heavy atom. The van der Waals surface area contributed by atoms with Crippen molar-refractivity contribution in [1.29, 1.82) is 0 Å². The van der Waals surface area contributed by atoms with Crippen LogP contribution in [-0.2, 0) is 11.2 Å². The number of nitrogens with zero attached hydrogens (tertiary/aromatic N) is 1. The summed E-state index contributed by atoms with van der Waals surface area (Å²) in [4.78, 5) is 15.8. The second-order valence-electron chi connectivity index (χ2n) is 5.09. The second kappa shape index (κ2) is 7.07. The molecule has 0 fully saturated rings. The fourth-order valence-electron chi connectivity index (χ4n) is 2.21. The van der Waals surface area contributed by atoms with Crippen molar-refractivity contribution in [3.05, 3.63) is 41.0 Å². The lowest BCUT2D eigenvalue weighted by Crippen LogP contribution is -2.12. The number of benzene rings is 1. The van der Waals surface area contributed by atoms with Gasteiger partial charge in [-0.15, -0.1) is 0 Å². The van der Waals surface area contributed by atoms with E-state index in [0.29, 0.717) is 12.4 Å². The van der Waals surface area contributed by atoms with Gasteiger partial charge in [-0.25, -0.2) is 4.79 Å². The number of rotatable bonds is 4. The molecule has 1 aromatic rings. The molecule has 112 valence electrons. The molecule has 0 aromatic heterocycles. The summed E-state index contributed by atoms with van der Waals surface area (Å²) in [5.74, 6) is 0.492. The number of carbonyl (C=O) groups excluding carboxylic acids is 1. The maximum Gasteiger partial charge on any atom is 0.513 e. The highest BCUT2D eigenvalue weighted by Gasteiger charge is 2.11. The summed E-state index contributed by atoms with van der Waals surface area (Å²) in [5.41, 5.74) is 5.02. The molecule has 0 saturated heterocycles. The Kier molecular flexibility index (Phi) is 5.14. The van der Waals surface area contributed by atoms with Crippen LogP contribution in [0.5, 0.6) is 5.75 Å². The first-order valence-electron chi connectivity index (χ1n) is 7.23. The molecule has 0 spiro atoms. The van der Waals surface area contributed by atoms with Crippen molar-refractivity contribution in [3.8, 4) is 5.75 Å². The summed E-state index contributed by atoms with van der Waals surface area (Å²) in [6.45, 7) is 7.23. The molecule has 2 rings (SSSR count). The van der Waals surface area contributed by atoms with Gasteiger partial charge in [0.05, 0.1) is 6.61 Å². The zero-order valence-corrected chi connectivity index (χ0v) is 12.8. The van der Waals surface area contributed by atoms with Gasteiger partial charge in [-0.1, -0.05) is 17.7 Å². The van der Waals surface area contributed by atoms with E-state index in [1.807, 2.05) is 12.1 Å². The molecule has 0 saturated carbocycles. The van der Waals surface area contributed by atoms with Crippen LogP contribution in [0.3, 0.4) is 0 Å². The Morgan fingerprint density at radius 2 is 1.95 bits per heavy atom. The highest BCUT2D eigenvalue weighted by Crippen LogP contribution is 2.19. The smallest absolute Gasteiger partial charge is 0.434 e. The number of aliphatic imine (C=N–C) groups is 1. The van der Waals surface area contributed by atoms with Crippen LogP contribution in [-0.4, -0.2) is 25.0 Å². The third kappa shape index (κ3) is 4.18. The van der Waals surface area contributed by atoms with Crippen molar-refractivity contribution < 1.29 is 14.3 Å². The predicted molar refractivity (Wildman–Crippen MR) is 83.1 cm³/mol. The van der Waals surface area contributed by atoms with Crippen LogP contribution in [0.25, 0.3) is 0 Å². The van der Waals surface area contributed by atoms with Crippen LogP contribution >= 0.6 is 0 Å². The van der Waals surface area contributed by atoms with Crippen LogP contribution < -0.4 is 4.74 Å². The SMILES string of the molecule is CCOC(=O)Oc1ccc(CC2=NCCC(C)=C2C)cc1. The van der Waals surface area contributed by atoms with E-state index >= 15 is 0 Å². The molecule has 4 heteroatoms. The summed E-state index contributed by atoms with van der Waals surface area (Å²) in [7, 11) is 0. The molecule has 0 N–H and O–H groups in total. The number of ether oxygens (including phenoxy) is 2. The first-order valence-corrected chi connectivity index (χ1v) is 7.23. The molecule has 1 heterocycles. The Balaban J connectivity index is 2.00. The highest BCUT2D eigenvalue weighted by atomic mass is 16.7. The predicted octanol–water partition coefficient (Wildman–Crippen LogP) is 3.95. The van der Waals surface area contributed by atoms with E-state index in [4.69, 9.17) is 9.47 Å². The van der Waals surface area contributed by atoms with Crippen molar-refractivity contribution in [2.45, 2.75) is 33.6 Å². The van der Waals surface area contributed by atoms with E-state index in [0.717, 1.165) is 30.7 Å². The lowest BCUT2D eigenvalue weighted by atomic mass is 9.96. The van der Waals surface area contributed by atoms with Gasteiger partial charge in [0.25, 0.3) is 0 Å². The monoisotopic (exact) mass is 287 g/mol. The number of carbonyl (C=O) groups is 1. The van der Waals surface area contributed by atoms with Crippen LogP contribution in [0.1, 0.15) is 32.8 Å². The average molecular weight is 287 g/mol. The second-order valence-corrected chi connectivity index (χ2v) is 5.09. The Hall–Kier alpha value is -2.10. The molecule has 1 aliphatic heterocycles. The first kappa shape index (κ1) is 15.3. The average Bonchev–Trinajstić information content (AvgIpc) is 2.46. The minimum absolute atomic E-state index is 0.307. The molecule has 0 amide bonds. The Morgan fingerprint density at radius 1 is 1.24 bits per heavy atom. The zero-order chi connectivity index (χ0) is 15.2. The van der Waals surface area contributed by atoms with E-state index in [1.165, 1.54) is 11.1 Å². The first-order chi connectivity index (χ1) is 10.1. The molecular formula is C17H21NO3. The molecule has 0 atom stereocenters. The van der Waals surface area contributed by atoms with Gasteiger partial charge in [0.2, 0.25) is 0 Å². The maximum atomic E-state index is 11.2. The fourth-order valence-corrected chi connectivity index (χ4v) is 2.21. The van der Waals surface area contributed by atoms with Crippen LogP contribution in [0.4, 0.5) is 4.79 Å². The Labute approximate surface area is 125 Å². The molecule has 0 bridgehead atoms. The maximum absolute atomic E-state index is 11.2. The summed E-state index contributed by atoms with van der Waals surface area (Å²) >= 11 is 0. The van der Waals surface area contributed by atoms with Crippen molar-refractivity contribution in [1.82, 2.24) is 0 Å². The van der Waals surface area contributed by atoms with Gasteiger partial charge in [0.1, 0.15) is 5.75 Å². The summed E-state index contributed by atoms with van der Waals surface area (Å²) in [6.07, 6.45) is 1.20. The minimum Gasteiger partial charge on any atom is -0.434 e. The topological polar surface area (TPSA) is 47.9 Å². The van der Waals surface area contributed by atoms with Crippen LogP contribution in [0.2, 0.25) is 0 Å². The van der Waals surface area contributed by atoms with E-state index in [9.17, 15) is 4.79 Å². The van der Waals surface area contributed by atoms with E-state index < -0.39 is 6.16 Å². The summed E-state index contributed by atoms with van der Waals surface area (Å²) in [5, 5.41) is 0. The van der Waals surface area contributed by atoms with Gasteiger partial charge in [0.15, 0.2) is 0 Å². The standard InChI is InChI=1S/C17H21NO3/c1-4-20-17(19)21-15-7-5-14(6-8-15)11-16-13(3)12(2)9-10-18-16/h5-8H,4,9-11H2,1-3H3. The molecule has 4 nitrogen and oxygen atoms in total. The van der Waals surface area contributed by atoms with Crippen LogP contribution in [0, 0.1) is 0 Å². The van der Waals surface area contributed by atoms with Crippen molar-refractivity contribution in [2.75, 3.05) is 13.2 Å². The Bertz CT molecular complexity index is 570. The van der Waals surface area contributed by atoms with E-state index in [-0.39, 0.29) is 0 Å². The van der Waals surface area contributed by atoms with Gasteiger partial charge < -0.3 is 9.47 Å². The molecule has 21 heavy (non-hydrogen) atoms. The summed E-state index contributed by atoms with van der Waals surface area (Å²) in [6, 6.07) is 7.46. The molecule has 1 aliphatic rings. The third-order valence-electron chi connectivity index (χ3n) is 3.62. The number of dihydropyridines is 1. The van der Waals surface area contributed by atoms with Crippen molar-refractivity contribution in [2.24, 2.45) is 4.99 Å². The van der Waals surface area contributed by atoms with E-state index in [1.54, 1.807) is 19.1 Å². The largest absolute Gasteiger partial charge is 0.513 e. The molecule has 0 radical (unpaired) electrons. The normalized spacial score (nSPS) is 14.7. The van der Waals surface area contributed by atoms with Gasteiger partial charge in [-0.2, -0.15) is 0 Å². The molecule has 0 unspecified atom stereocenters. The summed E-state index contributed by atoms with van der Waals surface area (Å²) < 4.78 is 9.77. The van der Waals surface area contributed by atoms with Crippen molar-refractivity contribution in [3.63, 3.8) is 0 Å². The number of hydrogen-bond acceptors (Lipinski definition) is 4. The lowest BCUT2D eigenvalue weighted by Gasteiger charge is -2.16. The number of allylic oxidation sites excluding steroid dienone is 1. The quantitative estimate of drug-likeness (QED) is 0.622. The van der Waals surface area contributed by atoms with Crippen LogP contribution in [0.15, 0.2) is 40.4 Å². The highest BCUT2D eigenvalue weighted by molar-refractivity contribution is 6.02. The minimum atomic E-state index is -0.670. The zero-order valence-electron chi connectivity index (χ0n) is 12.8. The molecule has 1 aromatic carbocycles. The molecular weight excluding hydrogens is 266 g/mol. The number of hydrogen-bond donors (Lipinski definition) is 0. The van der Waals surface area contributed by atoms with Gasteiger partial charge in [0, 0.05) is 18.7 Å². The van der Waals surface area contributed by atoms with Gasteiger partial charge in [-0.3, -0.25) is 4.99 Å². The molecule has 0 aliphatic carbocycles. The third-order valence-corrected chi connectivity index (χ3v) is 3.62. The van der Waals surface area contributed by atoms with Gasteiger partial charge in [-0.05, 0) is 50.5 Å². The van der Waals surface area contributed by atoms with E-state index in [2.05, 4.69) is 18.8 Å². The van der Waals surface area contributed by atoms with Crippen molar-refractivity contribution >= 4 is 11.9 Å².